The zero-order valence-corrected chi connectivity index (χ0v) is 11.2. The van der Waals surface area contributed by atoms with Gasteiger partial charge < -0.3 is 9.84 Å². The Morgan fingerprint density at radius 1 is 1.25 bits per heavy atom. The Morgan fingerprint density at radius 3 is 2.70 bits per heavy atom. The Labute approximate surface area is 120 Å². The van der Waals surface area contributed by atoms with Crippen LogP contribution in [0.2, 0.25) is 5.02 Å². The first-order chi connectivity index (χ1) is 9.60. The van der Waals surface area contributed by atoms with Crippen LogP contribution in [0.25, 0.3) is 0 Å². The number of ether oxygens (including phenoxy) is 1. The topological polar surface area (TPSA) is 72.6 Å². The molecule has 0 amide bonds. The molecule has 2 rings (SSSR count). The fraction of sp³-hybridized carbons (Fsp3) is 0.143. The van der Waals surface area contributed by atoms with E-state index in [-0.39, 0.29) is 23.9 Å². The number of nitro groups is 1. The predicted octanol–water partition coefficient (Wildman–Crippen LogP) is 3.32. The molecule has 0 aromatic heterocycles. The average Bonchev–Trinajstić information content (AvgIpc) is 2.46. The molecule has 0 spiro atoms. The summed E-state index contributed by atoms with van der Waals surface area (Å²) in [7, 11) is 0. The van der Waals surface area contributed by atoms with Crippen LogP contribution in [0.15, 0.2) is 42.5 Å². The number of non-ortho nitro benzene ring substituents is 1. The third-order valence-corrected chi connectivity index (χ3v) is 3.07. The van der Waals surface area contributed by atoms with Crippen LogP contribution in [-0.4, -0.2) is 10.0 Å². The fourth-order valence-corrected chi connectivity index (χ4v) is 1.89. The number of rotatable bonds is 5. The molecule has 0 saturated carbocycles. The average molecular weight is 294 g/mol. The number of hydrogen-bond acceptors (Lipinski definition) is 4. The number of nitro benzene ring substituents is 1. The SMILES string of the molecule is O=[N+]([O-])c1ccc(COc2cccc(CO)c2)c(Cl)c1. The van der Waals surface area contributed by atoms with Gasteiger partial charge in [0.1, 0.15) is 12.4 Å². The van der Waals surface area contributed by atoms with E-state index in [1.807, 2.05) is 0 Å². The molecule has 0 atom stereocenters. The van der Waals surface area contributed by atoms with Gasteiger partial charge in [-0.05, 0) is 23.8 Å². The van der Waals surface area contributed by atoms with Crippen LogP contribution in [0.1, 0.15) is 11.1 Å². The van der Waals surface area contributed by atoms with Crippen LogP contribution in [0.3, 0.4) is 0 Å². The molecule has 0 fully saturated rings. The normalized spacial score (nSPS) is 10.3. The molecule has 0 saturated heterocycles. The molecule has 0 bridgehead atoms. The van der Waals surface area contributed by atoms with Gasteiger partial charge in [-0.1, -0.05) is 23.7 Å². The van der Waals surface area contributed by atoms with Gasteiger partial charge in [0.25, 0.3) is 5.69 Å². The molecular weight excluding hydrogens is 282 g/mol. The van der Waals surface area contributed by atoms with Gasteiger partial charge in [-0.2, -0.15) is 0 Å². The largest absolute Gasteiger partial charge is 0.489 e. The third-order valence-electron chi connectivity index (χ3n) is 2.72. The molecule has 0 radical (unpaired) electrons. The second kappa shape index (κ2) is 6.36. The Morgan fingerprint density at radius 2 is 2.05 bits per heavy atom. The molecule has 0 unspecified atom stereocenters. The maximum absolute atomic E-state index is 10.6. The van der Waals surface area contributed by atoms with E-state index in [4.69, 9.17) is 21.4 Å². The Balaban J connectivity index is 2.08. The monoisotopic (exact) mass is 293 g/mol. The van der Waals surface area contributed by atoms with E-state index in [0.717, 1.165) is 5.56 Å². The lowest BCUT2D eigenvalue weighted by Gasteiger charge is -2.08. The zero-order chi connectivity index (χ0) is 14.5. The van der Waals surface area contributed by atoms with Crippen molar-refractivity contribution in [2.75, 3.05) is 0 Å². The third kappa shape index (κ3) is 3.46. The summed E-state index contributed by atoms with van der Waals surface area (Å²) >= 11 is 5.97. The summed E-state index contributed by atoms with van der Waals surface area (Å²) in [6.45, 7) is 0.140. The molecule has 5 nitrogen and oxygen atoms in total. The van der Waals surface area contributed by atoms with Crippen LogP contribution in [0.4, 0.5) is 5.69 Å². The molecule has 104 valence electrons. The van der Waals surface area contributed by atoms with Gasteiger partial charge in [-0.25, -0.2) is 0 Å². The summed E-state index contributed by atoms with van der Waals surface area (Å²) in [5, 5.41) is 19.9. The summed E-state index contributed by atoms with van der Waals surface area (Å²) < 4.78 is 5.55. The highest BCUT2D eigenvalue weighted by molar-refractivity contribution is 6.31. The summed E-state index contributed by atoms with van der Waals surface area (Å²) in [4.78, 5) is 10.1. The van der Waals surface area contributed by atoms with Crippen molar-refractivity contribution in [2.45, 2.75) is 13.2 Å². The fourth-order valence-electron chi connectivity index (χ4n) is 1.66. The molecular formula is C14H12ClNO4. The van der Waals surface area contributed by atoms with Crippen molar-refractivity contribution in [1.29, 1.82) is 0 Å². The van der Waals surface area contributed by atoms with E-state index in [2.05, 4.69) is 0 Å². The van der Waals surface area contributed by atoms with Gasteiger partial charge in [-0.15, -0.1) is 0 Å². The van der Waals surface area contributed by atoms with Crippen molar-refractivity contribution in [3.63, 3.8) is 0 Å². The van der Waals surface area contributed by atoms with E-state index in [9.17, 15) is 10.1 Å². The first-order valence-corrected chi connectivity index (χ1v) is 6.23. The second-order valence-corrected chi connectivity index (χ2v) is 4.53. The number of nitrogens with zero attached hydrogens (tertiary/aromatic N) is 1. The smallest absolute Gasteiger partial charge is 0.270 e. The number of hydrogen-bond donors (Lipinski definition) is 1. The van der Waals surface area contributed by atoms with Crippen molar-refractivity contribution in [2.24, 2.45) is 0 Å². The Bertz CT molecular complexity index is 630. The minimum atomic E-state index is -0.499. The van der Waals surface area contributed by atoms with Crippen molar-refractivity contribution in [3.8, 4) is 5.75 Å². The first-order valence-electron chi connectivity index (χ1n) is 5.85. The number of halogens is 1. The Hall–Kier alpha value is -2.11. The predicted molar refractivity (Wildman–Crippen MR) is 74.8 cm³/mol. The highest BCUT2D eigenvalue weighted by Crippen LogP contribution is 2.24. The standard InChI is InChI=1S/C14H12ClNO4/c15-14-7-12(16(18)19)5-4-11(14)9-20-13-3-1-2-10(6-13)8-17/h1-7,17H,8-9H2. The van der Waals surface area contributed by atoms with E-state index in [0.29, 0.717) is 11.3 Å². The molecule has 1 N–H and O–H groups in total. The molecule has 2 aromatic rings. The van der Waals surface area contributed by atoms with E-state index < -0.39 is 4.92 Å². The van der Waals surface area contributed by atoms with Gasteiger partial charge >= 0.3 is 0 Å². The summed E-state index contributed by atoms with van der Waals surface area (Å²) in [5.41, 5.74) is 1.35. The van der Waals surface area contributed by atoms with Crippen LogP contribution in [0.5, 0.6) is 5.75 Å². The van der Waals surface area contributed by atoms with Crippen LogP contribution < -0.4 is 4.74 Å². The summed E-state index contributed by atoms with van der Waals surface area (Å²) in [5.74, 6) is 0.603. The molecule has 20 heavy (non-hydrogen) atoms. The highest BCUT2D eigenvalue weighted by Gasteiger charge is 2.09. The summed E-state index contributed by atoms with van der Waals surface area (Å²) in [6, 6.07) is 11.3. The van der Waals surface area contributed by atoms with Crippen LogP contribution in [-0.2, 0) is 13.2 Å². The molecule has 0 aliphatic carbocycles. The zero-order valence-electron chi connectivity index (χ0n) is 10.5. The van der Waals surface area contributed by atoms with Gasteiger partial charge in [0.2, 0.25) is 0 Å². The van der Waals surface area contributed by atoms with E-state index in [1.54, 1.807) is 30.3 Å². The molecule has 0 aliphatic heterocycles. The first kappa shape index (κ1) is 14.3. The minimum Gasteiger partial charge on any atom is -0.489 e. The second-order valence-electron chi connectivity index (χ2n) is 4.13. The molecule has 0 aliphatic rings. The lowest BCUT2D eigenvalue weighted by Crippen LogP contribution is -1.98. The molecule has 0 heterocycles. The minimum absolute atomic E-state index is 0.0546. The lowest BCUT2D eigenvalue weighted by atomic mass is 10.2. The van der Waals surface area contributed by atoms with Crippen molar-refractivity contribution in [3.05, 3.63) is 68.7 Å². The van der Waals surface area contributed by atoms with Gasteiger partial charge in [-0.3, -0.25) is 10.1 Å². The van der Waals surface area contributed by atoms with Crippen molar-refractivity contribution >= 4 is 17.3 Å². The van der Waals surface area contributed by atoms with E-state index in [1.165, 1.54) is 12.1 Å². The van der Waals surface area contributed by atoms with E-state index >= 15 is 0 Å². The van der Waals surface area contributed by atoms with Crippen molar-refractivity contribution in [1.82, 2.24) is 0 Å². The summed E-state index contributed by atoms with van der Waals surface area (Å²) in [6.07, 6.45) is 0. The number of aliphatic hydroxyl groups is 1. The van der Waals surface area contributed by atoms with Crippen molar-refractivity contribution < 1.29 is 14.8 Å². The van der Waals surface area contributed by atoms with Crippen LogP contribution in [0, 0.1) is 10.1 Å². The van der Waals surface area contributed by atoms with Gasteiger partial charge in [0.05, 0.1) is 16.6 Å². The highest BCUT2D eigenvalue weighted by atomic mass is 35.5. The van der Waals surface area contributed by atoms with Gasteiger partial charge in [0.15, 0.2) is 0 Å². The van der Waals surface area contributed by atoms with Crippen LogP contribution >= 0.6 is 11.6 Å². The van der Waals surface area contributed by atoms with Gasteiger partial charge in [0, 0.05) is 17.7 Å². The molecule has 2 aromatic carbocycles. The lowest BCUT2D eigenvalue weighted by molar-refractivity contribution is -0.384. The quantitative estimate of drug-likeness (QED) is 0.678. The number of aliphatic hydroxyl groups excluding tert-OH is 1. The Kier molecular flexibility index (Phi) is 4.55. The molecule has 6 heteroatoms. The maximum atomic E-state index is 10.6. The number of benzene rings is 2. The maximum Gasteiger partial charge on any atom is 0.270 e.